The number of fused-ring (bicyclic) bond motifs is 1. The van der Waals surface area contributed by atoms with Crippen molar-refractivity contribution < 1.29 is 4.79 Å². The first-order valence-corrected chi connectivity index (χ1v) is 4.18. The first kappa shape index (κ1) is 7.56. The van der Waals surface area contributed by atoms with Crippen molar-refractivity contribution in [2.75, 3.05) is 0 Å². The van der Waals surface area contributed by atoms with Gasteiger partial charge in [0.1, 0.15) is 5.38 Å². The fraction of sp³-hybridized carbons (Fsp3) is 0.100. The average molecular weight is 179 g/mol. The predicted octanol–water partition coefficient (Wildman–Crippen LogP) is 2.16. The molecule has 1 nitrogen and oxygen atoms in total. The Morgan fingerprint density at radius 1 is 1.25 bits per heavy atom. The number of allylic oxidation sites excluding steroid dienone is 8. The van der Waals surface area contributed by atoms with E-state index in [1.165, 1.54) is 0 Å². The van der Waals surface area contributed by atoms with Gasteiger partial charge in [0.15, 0.2) is 5.78 Å². The third-order valence-corrected chi connectivity index (χ3v) is 2.24. The summed E-state index contributed by atoms with van der Waals surface area (Å²) in [4.78, 5) is 11.4. The number of carbonyl (C=O) groups is 1. The number of alkyl halides is 1. The second kappa shape index (κ2) is 2.76. The van der Waals surface area contributed by atoms with Crippen LogP contribution in [0.1, 0.15) is 0 Å². The molecule has 0 saturated heterocycles. The Hall–Kier alpha value is -1.08. The molecule has 0 radical (unpaired) electrons. The summed E-state index contributed by atoms with van der Waals surface area (Å²) >= 11 is 5.77. The van der Waals surface area contributed by atoms with Crippen LogP contribution in [-0.2, 0) is 4.79 Å². The topological polar surface area (TPSA) is 17.1 Å². The summed E-state index contributed by atoms with van der Waals surface area (Å²) in [5, 5.41) is -0.470. The lowest BCUT2D eigenvalue weighted by Crippen LogP contribution is -2.06. The summed E-state index contributed by atoms with van der Waals surface area (Å²) in [6.45, 7) is 0. The van der Waals surface area contributed by atoms with Crippen LogP contribution >= 0.6 is 11.6 Å². The standard InChI is InChI=1S/C10H7ClO/c11-9-6-7-4-2-1-3-5-8(7)10(9)12/h1-6,9H. The van der Waals surface area contributed by atoms with E-state index in [9.17, 15) is 4.79 Å². The summed E-state index contributed by atoms with van der Waals surface area (Å²) < 4.78 is 0. The zero-order chi connectivity index (χ0) is 8.55. The van der Waals surface area contributed by atoms with E-state index < -0.39 is 5.38 Å². The summed E-state index contributed by atoms with van der Waals surface area (Å²) in [6.07, 6.45) is 11.1. The maximum atomic E-state index is 11.4. The van der Waals surface area contributed by atoms with Crippen LogP contribution < -0.4 is 0 Å². The van der Waals surface area contributed by atoms with E-state index in [-0.39, 0.29) is 5.78 Å². The molecule has 60 valence electrons. The van der Waals surface area contributed by atoms with E-state index in [1.807, 2.05) is 24.3 Å². The van der Waals surface area contributed by atoms with Crippen molar-refractivity contribution in [1.82, 2.24) is 0 Å². The molecule has 0 bridgehead atoms. The maximum absolute atomic E-state index is 11.4. The second-order valence-corrected chi connectivity index (χ2v) is 3.18. The Morgan fingerprint density at radius 3 is 2.92 bits per heavy atom. The summed E-state index contributed by atoms with van der Waals surface area (Å²) in [6, 6.07) is 0. The van der Waals surface area contributed by atoms with Gasteiger partial charge in [0.2, 0.25) is 0 Å². The molecule has 0 aromatic heterocycles. The fourth-order valence-electron chi connectivity index (χ4n) is 1.31. The predicted molar refractivity (Wildman–Crippen MR) is 49.1 cm³/mol. The first-order chi connectivity index (χ1) is 5.79. The zero-order valence-corrected chi connectivity index (χ0v) is 7.08. The minimum Gasteiger partial charge on any atom is -0.292 e. The lowest BCUT2D eigenvalue weighted by atomic mass is 10.1. The summed E-state index contributed by atoms with van der Waals surface area (Å²) in [5.41, 5.74) is 1.66. The lowest BCUT2D eigenvalue weighted by Gasteiger charge is -1.95. The highest BCUT2D eigenvalue weighted by molar-refractivity contribution is 6.37. The monoisotopic (exact) mass is 178 g/mol. The van der Waals surface area contributed by atoms with Crippen LogP contribution in [0.15, 0.2) is 47.6 Å². The van der Waals surface area contributed by atoms with Crippen molar-refractivity contribution in [3.63, 3.8) is 0 Å². The molecular weight excluding hydrogens is 172 g/mol. The van der Waals surface area contributed by atoms with Crippen LogP contribution in [0.4, 0.5) is 0 Å². The van der Waals surface area contributed by atoms with Crippen LogP contribution in [0.25, 0.3) is 0 Å². The molecule has 0 aliphatic heterocycles. The van der Waals surface area contributed by atoms with Crippen LogP contribution in [0.3, 0.4) is 0 Å². The van der Waals surface area contributed by atoms with Gasteiger partial charge in [0.25, 0.3) is 0 Å². The van der Waals surface area contributed by atoms with Gasteiger partial charge in [-0.1, -0.05) is 36.5 Å². The Morgan fingerprint density at radius 2 is 2.08 bits per heavy atom. The van der Waals surface area contributed by atoms with E-state index in [2.05, 4.69) is 0 Å². The highest BCUT2D eigenvalue weighted by Crippen LogP contribution is 2.27. The summed E-state index contributed by atoms with van der Waals surface area (Å²) in [5.74, 6) is 0.00265. The van der Waals surface area contributed by atoms with E-state index in [0.29, 0.717) is 0 Å². The van der Waals surface area contributed by atoms with Crippen molar-refractivity contribution in [3.8, 4) is 0 Å². The Bertz CT molecular complexity index is 345. The van der Waals surface area contributed by atoms with Crippen molar-refractivity contribution in [2.24, 2.45) is 0 Å². The van der Waals surface area contributed by atoms with Crippen LogP contribution in [0, 0.1) is 0 Å². The van der Waals surface area contributed by atoms with Crippen LogP contribution in [-0.4, -0.2) is 11.2 Å². The van der Waals surface area contributed by atoms with Gasteiger partial charge in [0, 0.05) is 5.57 Å². The maximum Gasteiger partial charge on any atom is 0.185 e. The normalized spacial score (nSPS) is 26.4. The minimum atomic E-state index is -0.470. The molecule has 2 heteroatoms. The number of hydrogen-bond acceptors (Lipinski definition) is 1. The van der Waals surface area contributed by atoms with E-state index >= 15 is 0 Å². The van der Waals surface area contributed by atoms with Crippen molar-refractivity contribution in [2.45, 2.75) is 5.38 Å². The molecule has 0 saturated carbocycles. The van der Waals surface area contributed by atoms with Gasteiger partial charge >= 0.3 is 0 Å². The SMILES string of the molecule is O=C1C2=CC=CC=CC2=CC1Cl. The highest BCUT2D eigenvalue weighted by Gasteiger charge is 2.26. The molecule has 0 fully saturated rings. The highest BCUT2D eigenvalue weighted by atomic mass is 35.5. The first-order valence-electron chi connectivity index (χ1n) is 3.74. The molecule has 2 aliphatic carbocycles. The lowest BCUT2D eigenvalue weighted by molar-refractivity contribution is -0.113. The van der Waals surface area contributed by atoms with Gasteiger partial charge in [-0.15, -0.1) is 11.6 Å². The quantitative estimate of drug-likeness (QED) is 0.520. The minimum absolute atomic E-state index is 0.00265. The Kier molecular flexibility index (Phi) is 1.74. The number of rotatable bonds is 0. The van der Waals surface area contributed by atoms with Crippen molar-refractivity contribution >= 4 is 17.4 Å². The fourth-order valence-corrected chi connectivity index (χ4v) is 1.57. The van der Waals surface area contributed by atoms with Gasteiger partial charge in [-0.3, -0.25) is 4.79 Å². The smallest absolute Gasteiger partial charge is 0.185 e. The van der Waals surface area contributed by atoms with Gasteiger partial charge in [-0.2, -0.15) is 0 Å². The molecule has 0 heterocycles. The van der Waals surface area contributed by atoms with Gasteiger partial charge in [-0.05, 0) is 5.57 Å². The Balaban J connectivity index is 2.49. The average Bonchev–Trinajstić information content (AvgIpc) is 2.30. The molecule has 2 rings (SSSR count). The molecule has 0 aromatic carbocycles. The van der Waals surface area contributed by atoms with Crippen molar-refractivity contribution in [3.05, 3.63) is 47.6 Å². The number of Topliss-reactive ketones (excluding diaryl/α,β-unsaturated/α-hetero) is 1. The van der Waals surface area contributed by atoms with E-state index in [4.69, 9.17) is 11.6 Å². The Labute approximate surface area is 75.7 Å². The zero-order valence-electron chi connectivity index (χ0n) is 6.33. The van der Waals surface area contributed by atoms with Crippen LogP contribution in [0.5, 0.6) is 0 Å². The van der Waals surface area contributed by atoms with Gasteiger partial charge in [0.05, 0.1) is 0 Å². The molecular formula is C10H7ClO. The van der Waals surface area contributed by atoms with E-state index in [1.54, 1.807) is 12.2 Å². The number of halogens is 1. The largest absolute Gasteiger partial charge is 0.292 e. The molecule has 0 N–H and O–H groups in total. The number of carbonyl (C=O) groups excluding carboxylic acids is 1. The van der Waals surface area contributed by atoms with E-state index in [0.717, 1.165) is 11.1 Å². The van der Waals surface area contributed by atoms with Crippen molar-refractivity contribution in [1.29, 1.82) is 0 Å². The molecule has 1 atom stereocenters. The molecule has 2 aliphatic rings. The molecule has 0 spiro atoms. The second-order valence-electron chi connectivity index (χ2n) is 2.71. The van der Waals surface area contributed by atoms with Gasteiger partial charge < -0.3 is 0 Å². The third-order valence-electron chi connectivity index (χ3n) is 1.91. The van der Waals surface area contributed by atoms with Gasteiger partial charge in [-0.25, -0.2) is 0 Å². The molecule has 1 unspecified atom stereocenters. The van der Waals surface area contributed by atoms with Crippen LogP contribution in [0.2, 0.25) is 0 Å². The number of ketones is 1. The summed E-state index contributed by atoms with van der Waals surface area (Å²) in [7, 11) is 0. The third kappa shape index (κ3) is 1.07. The molecule has 12 heavy (non-hydrogen) atoms. The molecule has 0 aromatic rings. The molecule has 0 amide bonds. The number of hydrogen-bond donors (Lipinski definition) is 0.